The lowest BCUT2D eigenvalue weighted by atomic mass is 9.81. The first kappa shape index (κ1) is 39.4. The number of hydrazine groups is 1. The summed E-state index contributed by atoms with van der Waals surface area (Å²) in [5.41, 5.74) is 10.7. The topological polar surface area (TPSA) is 150 Å². The van der Waals surface area contributed by atoms with Gasteiger partial charge in [0.15, 0.2) is 11.6 Å². The predicted molar refractivity (Wildman–Crippen MR) is 184 cm³/mol. The number of carbonyl (C=O) groups excluding carboxylic acids is 1. The minimum atomic E-state index is -5.06. The van der Waals surface area contributed by atoms with Crippen molar-refractivity contribution in [1.82, 2.24) is 10.9 Å². The molecular weight excluding hydrogens is 722 g/mol. The summed E-state index contributed by atoms with van der Waals surface area (Å²) in [4.78, 5) is 22.3. The van der Waals surface area contributed by atoms with Crippen LogP contribution < -0.4 is 20.3 Å². The van der Waals surface area contributed by atoms with Crippen molar-refractivity contribution in [1.29, 1.82) is 0 Å². The van der Waals surface area contributed by atoms with Crippen LogP contribution in [0.3, 0.4) is 0 Å². The van der Waals surface area contributed by atoms with Gasteiger partial charge in [-0.2, -0.15) is 26.3 Å². The standard InChI is InChI=1S/C37H34F6N6O5/c1-52-31-9-4-8-25(18-31)32-35(20-26-6-2-3-7-27(26)22-46-49-44,47-33(54-32)24-10-12-30(13-11-24)53-15-5-14-50)34(51)48-45-21-23-16-28(36(38,39)40)19-29(17-23)37(41,42)43/h2-4,6-13,16-19,32,45,50H,5,14-15,20-22H2,1H3,(H,48,51)/t32-,35-/m0/s1. The third-order valence-corrected chi connectivity index (χ3v) is 8.45. The molecular formula is C37H34F6N6O5. The maximum absolute atomic E-state index is 14.6. The number of amides is 1. The van der Waals surface area contributed by atoms with Crippen LogP contribution >= 0.6 is 0 Å². The minimum Gasteiger partial charge on any atom is -0.497 e. The van der Waals surface area contributed by atoms with Crippen molar-refractivity contribution < 1.29 is 50.5 Å². The van der Waals surface area contributed by atoms with Crippen molar-refractivity contribution in [3.63, 3.8) is 0 Å². The lowest BCUT2D eigenvalue weighted by Gasteiger charge is -2.31. The molecule has 1 aliphatic rings. The number of carbonyl (C=O) groups is 1. The Labute approximate surface area is 305 Å². The number of ether oxygens (including phenoxy) is 3. The highest BCUT2D eigenvalue weighted by Gasteiger charge is 2.53. The highest BCUT2D eigenvalue weighted by molar-refractivity contribution is 6.01. The van der Waals surface area contributed by atoms with Crippen molar-refractivity contribution in [2.24, 2.45) is 10.1 Å². The Hall–Kier alpha value is -5.77. The number of hydrogen-bond acceptors (Lipinski definition) is 8. The van der Waals surface area contributed by atoms with E-state index in [0.717, 1.165) is 0 Å². The summed E-state index contributed by atoms with van der Waals surface area (Å²) in [6.45, 7) is -0.470. The lowest BCUT2D eigenvalue weighted by molar-refractivity contribution is -0.143. The van der Waals surface area contributed by atoms with E-state index in [2.05, 4.69) is 20.9 Å². The van der Waals surface area contributed by atoms with Crippen LogP contribution in [0.1, 0.15) is 51.5 Å². The van der Waals surface area contributed by atoms with Crippen LogP contribution in [-0.4, -0.2) is 42.8 Å². The number of alkyl halides is 6. The molecule has 284 valence electrons. The molecule has 1 amide bonds. The van der Waals surface area contributed by atoms with E-state index >= 15 is 0 Å². The second kappa shape index (κ2) is 16.9. The first-order chi connectivity index (χ1) is 25.8. The number of azide groups is 1. The second-order valence-corrected chi connectivity index (χ2v) is 12.1. The number of aliphatic imine (C=N–C) groups is 1. The molecule has 2 atom stereocenters. The third-order valence-electron chi connectivity index (χ3n) is 8.45. The maximum Gasteiger partial charge on any atom is 0.416 e. The van der Waals surface area contributed by atoms with Gasteiger partial charge < -0.3 is 19.3 Å². The maximum atomic E-state index is 14.6. The normalized spacial score (nSPS) is 16.9. The number of halogens is 6. The number of rotatable bonds is 15. The summed E-state index contributed by atoms with van der Waals surface area (Å²) < 4.78 is 98.8. The average Bonchev–Trinajstić information content (AvgIpc) is 3.54. The fourth-order valence-electron chi connectivity index (χ4n) is 5.83. The van der Waals surface area contributed by atoms with Crippen LogP contribution in [0.2, 0.25) is 0 Å². The predicted octanol–water partition coefficient (Wildman–Crippen LogP) is 7.62. The van der Waals surface area contributed by atoms with Gasteiger partial charge in [-0.15, -0.1) is 0 Å². The van der Waals surface area contributed by atoms with E-state index in [1.165, 1.54) is 7.11 Å². The summed E-state index contributed by atoms with van der Waals surface area (Å²) >= 11 is 0. The Morgan fingerprint density at radius 3 is 2.26 bits per heavy atom. The van der Waals surface area contributed by atoms with Crippen molar-refractivity contribution >= 4 is 11.8 Å². The van der Waals surface area contributed by atoms with Gasteiger partial charge in [0.1, 0.15) is 11.5 Å². The molecule has 1 heterocycles. The van der Waals surface area contributed by atoms with E-state index < -0.39 is 53.1 Å². The number of nitrogens with one attached hydrogen (secondary N) is 2. The minimum absolute atomic E-state index is 0.0174. The molecule has 0 saturated heterocycles. The highest BCUT2D eigenvalue weighted by Crippen LogP contribution is 2.44. The monoisotopic (exact) mass is 756 g/mol. The molecule has 0 spiro atoms. The zero-order chi connectivity index (χ0) is 38.9. The largest absolute Gasteiger partial charge is 0.497 e. The summed E-state index contributed by atoms with van der Waals surface area (Å²) in [5.74, 6) is 0.129. The number of nitrogens with zero attached hydrogens (tertiary/aromatic N) is 4. The van der Waals surface area contributed by atoms with E-state index in [-0.39, 0.29) is 38.1 Å². The lowest BCUT2D eigenvalue weighted by Crippen LogP contribution is -2.53. The van der Waals surface area contributed by atoms with Gasteiger partial charge in [0, 0.05) is 36.5 Å². The van der Waals surface area contributed by atoms with E-state index in [1.807, 2.05) is 0 Å². The number of benzene rings is 4. The van der Waals surface area contributed by atoms with Crippen molar-refractivity contribution in [3.05, 3.63) is 140 Å². The zero-order valence-electron chi connectivity index (χ0n) is 28.6. The molecule has 54 heavy (non-hydrogen) atoms. The van der Waals surface area contributed by atoms with Crippen LogP contribution in [0.4, 0.5) is 26.3 Å². The fraction of sp³-hybridized carbons (Fsp3) is 0.297. The summed E-state index contributed by atoms with van der Waals surface area (Å²) in [6, 6.07) is 21.3. The number of aliphatic hydroxyl groups is 1. The van der Waals surface area contributed by atoms with E-state index in [4.69, 9.17) is 29.8 Å². The van der Waals surface area contributed by atoms with Crippen LogP contribution in [-0.2, 0) is 41.4 Å². The average molecular weight is 757 g/mol. The van der Waals surface area contributed by atoms with Crippen molar-refractivity contribution in [2.75, 3.05) is 20.3 Å². The Kier molecular flexibility index (Phi) is 12.4. The molecule has 1 aliphatic heterocycles. The molecule has 17 heteroatoms. The van der Waals surface area contributed by atoms with Gasteiger partial charge in [0.2, 0.25) is 5.90 Å². The van der Waals surface area contributed by atoms with E-state index in [1.54, 1.807) is 72.8 Å². The molecule has 5 rings (SSSR count). The Morgan fingerprint density at radius 2 is 1.63 bits per heavy atom. The Balaban J connectivity index is 1.58. The molecule has 3 N–H and O–H groups in total. The summed E-state index contributed by atoms with van der Waals surface area (Å²) in [7, 11) is 1.45. The number of methoxy groups -OCH3 is 1. The van der Waals surface area contributed by atoms with Gasteiger partial charge >= 0.3 is 12.4 Å². The summed E-state index contributed by atoms with van der Waals surface area (Å²) in [5, 5.41) is 12.7. The van der Waals surface area contributed by atoms with E-state index in [9.17, 15) is 31.1 Å². The molecule has 0 fully saturated rings. The van der Waals surface area contributed by atoms with E-state index in [0.29, 0.717) is 52.3 Å². The molecule has 4 aromatic carbocycles. The zero-order valence-corrected chi connectivity index (χ0v) is 28.6. The van der Waals surface area contributed by atoms with Gasteiger partial charge in [-0.05, 0) is 82.4 Å². The van der Waals surface area contributed by atoms with Gasteiger partial charge in [-0.1, -0.05) is 41.5 Å². The molecule has 0 saturated carbocycles. The molecule has 11 nitrogen and oxygen atoms in total. The molecule has 0 bridgehead atoms. The van der Waals surface area contributed by atoms with Crippen molar-refractivity contribution in [3.8, 4) is 11.5 Å². The number of aliphatic hydroxyl groups excluding tert-OH is 1. The van der Waals surface area contributed by atoms with Gasteiger partial charge in [0.05, 0.1) is 31.4 Å². The SMILES string of the molecule is COc1cccc([C@@H]2OC(c3ccc(OCCCO)cc3)=N[C@]2(Cc2ccccc2CN=[N+]=[N-])C(=O)NNCc2cc(C(F)(F)F)cc(C(F)(F)F)c2)c1. The van der Waals surface area contributed by atoms with Crippen LogP contribution in [0.5, 0.6) is 11.5 Å². The Morgan fingerprint density at radius 1 is 0.944 bits per heavy atom. The molecule has 4 aromatic rings. The van der Waals surface area contributed by atoms with Gasteiger partial charge in [-0.3, -0.25) is 10.2 Å². The fourth-order valence-corrected chi connectivity index (χ4v) is 5.83. The molecule has 0 aliphatic carbocycles. The quantitative estimate of drug-likeness (QED) is 0.0284. The summed E-state index contributed by atoms with van der Waals surface area (Å²) in [6.07, 6.45) is -11.0. The first-order valence-electron chi connectivity index (χ1n) is 16.4. The molecule has 0 aromatic heterocycles. The van der Waals surface area contributed by atoms with Gasteiger partial charge in [0.25, 0.3) is 5.91 Å². The molecule has 0 radical (unpaired) electrons. The second-order valence-electron chi connectivity index (χ2n) is 12.1. The first-order valence-corrected chi connectivity index (χ1v) is 16.4. The number of hydrogen-bond donors (Lipinski definition) is 3. The van der Waals surface area contributed by atoms with Crippen molar-refractivity contribution in [2.45, 2.75) is 49.9 Å². The third kappa shape index (κ3) is 9.41. The van der Waals surface area contributed by atoms with Crippen LogP contribution in [0.25, 0.3) is 10.4 Å². The molecule has 0 unspecified atom stereocenters. The Bertz CT molecular complexity index is 1990. The van der Waals surface area contributed by atoms with Crippen LogP contribution in [0.15, 0.2) is 101 Å². The highest BCUT2D eigenvalue weighted by atomic mass is 19.4. The van der Waals surface area contributed by atoms with Crippen LogP contribution in [0, 0.1) is 0 Å². The van der Waals surface area contributed by atoms with Gasteiger partial charge in [-0.25, -0.2) is 10.4 Å². The smallest absolute Gasteiger partial charge is 0.416 e.